The van der Waals surface area contributed by atoms with Crippen LogP contribution in [-0.2, 0) is 0 Å². The van der Waals surface area contributed by atoms with E-state index in [1.165, 1.54) is 11.3 Å². The zero-order valence-corrected chi connectivity index (χ0v) is 13.4. The smallest absolute Gasteiger partial charge is 0.145 e. The Morgan fingerprint density at radius 3 is 2.26 bits per heavy atom. The third-order valence-electron chi connectivity index (χ3n) is 3.77. The molecule has 106 valence electrons. The van der Waals surface area contributed by atoms with Crippen LogP contribution in [0, 0.1) is 5.41 Å². The minimum atomic E-state index is 0.0943. The van der Waals surface area contributed by atoms with E-state index < -0.39 is 0 Å². The van der Waals surface area contributed by atoms with Crippen LogP contribution in [0.4, 0.5) is 0 Å². The van der Waals surface area contributed by atoms with Crippen LogP contribution in [0.2, 0.25) is 0 Å². The highest BCUT2D eigenvalue weighted by molar-refractivity contribution is 5.73. The lowest BCUT2D eigenvalue weighted by atomic mass is 9.92. The molecule has 0 radical (unpaired) electrons. The Morgan fingerprint density at radius 1 is 1.16 bits per heavy atom. The molecular formula is C16H27N3. The van der Waals surface area contributed by atoms with E-state index in [-0.39, 0.29) is 17.1 Å². The molecule has 0 aliphatic carbocycles. The molecule has 0 bridgehead atoms. The zero-order valence-electron chi connectivity index (χ0n) is 13.4. The van der Waals surface area contributed by atoms with E-state index in [1.54, 1.807) is 0 Å². The van der Waals surface area contributed by atoms with Gasteiger partial charge in [0.05, 0.1) is 5.70 Å². The molecule has 19 heavy (non-hydrogen) atoms. The maximum Gasteiger partial charge on any atom is 0.145 e. The highest BCUT2D eigenvalue weighted by Crippen LogP contribution is 2.42. The average Bonchev–Trinajstić information content (AvgIpc) is 2.67. The number of rotatable bonds is 1. The van der Waals surface area contributed by atoms with Crippen molar-refractivity contribution in [3.63, 3.8) is 0 Å². The Hall–Kier alpha value is -1.25. The van der Waals surface area contributed by atoms with Crippen molar-refractivity contribution in [2.75, 3.05) is 0 Å². The maximum atomic E-state index is 4.62. The molecule has 0 aromatic carbocycles. The number of fused-ring (bicyclic) bond motifs is 1. The van der Waals surface area contributed by atoms with Gasteiger partial charge in [0, 0.05) is 23.4 Å². The molecule has 1 atom stereocenters. The van der Waals surface area contributed by atoms with Crippen molar-refractivity contribution in [3.05, 3.63) is 23.5 Å². The van der Waals surface area contributed by atoms with Crippen molar-refractivity contribution in [2.45, 2.75) is 66.6 Å². The molecule has 0 saturated heterocycles. The van der Waals surface area contributed by atoms with Crippen LogP contribution >= 0.6 is 0 Å². The van der Waals surface area contributed by atoms with Crippen LogP contribution in [0.3, 0.4) is 0 Å². The molecule has 0 amide bonds. The van der Waals surface area contributed by atoms with Crippen molar-refractivity contribution in [1.82, 2.24) is 9.91 Å². The van der Waals surface area contributed by atoms with Gasteiger partial charge in [0.2, 0.25) is 0 Å². The molecule has 2 heterocycles. The summed E-state index contributed by atoms with van der Waals surface area (Å²) in [6.45, 7) is 15.8. The zero-order chi connectivity index (χ0) is 14.4. The molecule has 1 unspecified atom stereocenters. The summed E-state index contributed by atoms with van der Waals surface area (Å²) in [5.74, 6) is 0. The summed E-state index contributed by atoms with van der Waals surface area (Å²) in [6, 6.07) is 0. The second-order valence-electron chi connectivity index (χ2n) is 7.42. The van der Waals surface area contributed by atoms with Gasteiger partial charge in [-0.25, -0.2) is 5.01 Å². The lowest BCUT2D eigenvalue weighted by Gasteiger charge is -2.42. The molecule has 0 aromatic rings. The van der Waals surface area contributed by atoms with Crippen LogP contribution < -0.4 is 0 Å². The monoisotopic (exact) mass is 261 g/mol. The quantitative estimate of drug-likeness (QED) is 0.711. The molecule has 3 heteroatoms. The molecule has 2 aliphatic heterocycles. The van der Waals surface area contributed by atoms with Gasteiger partial charge in [-0.3, -0.25) is 0 Å². The first-order chi connectivity index (χ1) is 8.66. The van der Waals surface area contributed by atoms with Gasteiger partial charge in [-0.2, -0.15) is 5.10 Å². The Morgan fingerprint density at radius 2 is 1.79 bits per heavy atom. The van der Waals surface area contributed by atoms with Crippen LogP contribution in [0.25, 0.3) is 0 Å². The third kappa shape index (κ3) is 2.43. The largest absolute Gasteiger partial charge is 0.346 e. The van der Waals surface area contributed by atoms with Crippen LogP contribution in [-0.4, -0.2) is 27.8 Å². The molecule has 3 nitrogen and oxygen atoms in total. The third-order valence-corrected chi connectivity index (χ3v) is 3.77. The molecule has 0 N–H and O–H groups in total. The number of allylic oxidation sites excluding steroid dienone is 2. The van der Waals surface area contributed by atoms with Gasteiger partial charge < -0.3 is 4.90 Å². The van der Waals surface area contributed by atoms with Crippen molar-refractivity contribution < 1.29 is 0 Å². The summed E-state index contributed by atoms with van der Waals surface area (Å²) in [6.07, 6.45) is 7.71. The number of nitrogens with zero attached hydrogens (tertiary/aromatic N) is 3. The topological polar surface area (TPSA) is 18.8 Å². The first-order valence-electron chi connectivity index (χ1n) is 7.19. The molecule has 0 spiro atoms. The fourth-order valence-electron chi connectivity index (χ4n) is 2.66. The van der Waals surface area contributed by atoms with Crippen molar-refractivity contribution in [2.24, 2.45) is 10.5 Å². The van der Waals surface area contributed by atoms with Crippen molar-refractivity contribution >= 4 is 6.21 Å². The Bertz CT molecular complexity index is 444. The summed E-state index contributed by atoms with van der Waals surface area (Å²) in [7, 11) is 0. The normalized spacial score (nSPS) is 23.4. The van der Waals surface area contributed by atoms with Gasteiger partial charge in [-0.05, 0) is 38.8 Å². The van der Waals surface area contributed by atoms with Crippen molar-refractivity contribution in [1.29, 1.82) is 0 Å². The average molecular weight is 261 g/mol. The van der Waals surface area contributed by atoms with E-state index in [0.717, 1.165) is 6.42 Å². The number of hydrogen-bond acceptors (Lipinski definition) is 3. The van der Waals surface area contributed by atoms with Gasteiger partial charge in [-0.1, -0.05) is 27.7 Å². The molecular weight excluding hydrogens is 234 g/mol. The lowest BCUT2D eigenvalue weighted by Crippen LogP contribution is -2.49. The Kier molecular flexibility index (Phi) is 3.28. The number of hydrazone groups is 1. The highest BCUT2D eigenvalue weighted by atomic mass is 15.6. The van der Waals surface area contributed by atoms with Crippen LogP contribution in [0.5, 0.6) is 0 Å². The fourth-order valence-corrected chi connectivity index (χ4v) is 2.66. The second kappa shape index (κ2) is 4.39. The van der Waals surface area contributed by atoms with Gasteiger partial charge in [0.25, 0.3) is 0 Å². The van der Waals surface area contributed by atoms with Crippen LogP contribution in [0.15, 0.2) is 28.6 Å². The second-order valence-corrected chi connectivity index (χ2v) is 7.42. The predicted molar refractivity (Wildman–Crippen MR) is 81.6 cm³/mol. The van der Waals surface area contributed by atoms with E-state index in [0.29, 0.717) is 0 Å². The lowest BCUT2D eigenvalue weighted by molar-refractivity contribution is 0.0905. The fraction of sp³-hybridized carbons (Fsp3) is 0.688. The summed E-state index contributed by atoms with van der Waals surface area (Å²) < 4.78 is 0. The number of hydrogen-bond donors (Lipinski definition) is 0. The van der Waals surface area contributed by atoms with Crippen molar-refractivity contribution in [3.8, 4) is 0 Å². The summed E-state index contributed by atoms with van der Waals surface area (Å²) in [4.78, 5) is 2.44. The Labute approximate surface area is 117 Å². The minimum Gasteiger partial charge on any atom is -0.346 e. The predicted octanol–water partition coefficient (Wildman–Crippen LogP) is 3.95. The first-order valence-corrected chi connectivity index (χ1v) is 7.19. The van der Waals surface area contributed by atoms with E-state index >= 15 is 0 Å². The minimum absolute atomic E-state index is 0.0943. The SMILES string of the molecule is CCC1=CC=NN2C(C(C)(C)C)=CN(C(C)(C)C)C12. The summed E-state index contributed by atoms with van der Waals surface area (Å²) in [5.41, 5.74) is 2.92. The highest BCUT2D eigenvalue weighted by Gasteiger charge is 2.43. The molecule has 2 aliphatic rings. The standard InChI is InChI=1S/C16H27N3/c1-8-12-9-10-17-19-13(15(2,3)4)11-18(14(12)19)16(5,6)7/h9-11,14H,8H2,1-7H3. The van der Waals surface area contributed by atoms with Gasteiger partial charge in [0.1, 0.15) is 6.17 Å². The first kappa shape index (κ1) is 14.2. The van der Waals surface area contributed by atoms with E-state index in [1.807, 2.05) is 6.21 Å². The van der Waals surface area contributed by atoms with E-state index in [2.05, 4.69) is 75.8 Å². The van der Waals surface area contributed by atoms with Gasteiger partial charge in [0.15, 0.2) is 0 Å². The molecule has 0 saturated carbocycles. The Balaban J connectivity index is 2.47. The molecule has 0 aromatic heterocycles. The molecule has 0 fully saturated rings. The van der Waals surface area contributed by atoms with E-state index in [9.17, 15) is 0 Å². The summed E-state index contributed by atoms with van der Waals surface area (Å²) >= 11 is 0. The summed E-state index contributed by atoms with van der Waals surface area (Å²) in [5, 5.41) is 6.82. The van der Waals surface area contributed by atoms with Gasteiger partial charge in [-0.15, -0.1) is 0 Å². The van der Waals surface area contributed by atoms with E-state index in [4.69, 9.17) is 0 Å². The van der Waals surface area contributed by atoms with Gasteiger partial charge >= 0.3 is 0 Å². The maximum absolute atomic E-state index is 4.62. The van der Waals surface area contributed by atoms with Crippen LogP contribution in [0.1, 0.15) is 54.9 Å². The molecule has 2 rings (SSSR count).